The van der Waals surface area contributed by atoms with Gasteiger partial charge in [0.05, 0.1) is 12.0 Å². The highest BCUT2D eigenvalue weighted by atomic mass is 16.3. The van der Waals surface area contributed by atoms with Crippen LogP contribution in [0.5, 0.6) is 5.75 Å². The Bertz CT molecular complexity index is 580. The molecule has 22 heavy (non-hydrogen) atoms. The summed E-state index contributed by atoms with van der Waals surface area (Å²) in [6.07, 6.45) is 0.118. The van der Waals surface area contributed by atoms with Gasteiger partial charge in [-0.1, -0.05) is 26.0 Å². The SMILES string of the molecule is CC(CC(=O)NCC(C)C)=NNC(=O)c1cccc(C)c1O. The molecule has 0 aliphatic heterocycles. The van der Waals surface area contributed by atoms with Crippen molar-refractivity contribution in [2.24, 2.45) is 11.0 Å². The lowest BCUT2D eigenvalue weighted by Gasteiger charge is -2.08. The van der Waals surface area contributed by atoms with E-state index in [1.807, 2.05) is 13.8 Å². The molecule has 0 heterocycles. The molecule has 2 amide bonds. The quantitative estimate of drug-likeness (QED) is 0.554. The highest BCUT2D eigenvalue weighted by Crippen LogP contribution is 2.20. The van der Waals surface area contributed by atoms with Crippen molar-refractivity contribution < 1.29 is 14.7 Å². The topological polar surface area (TPSA) is 90.8 Å². The second-order valence-electron chi connectivity index (χ2n) is 5.63. The van der Waals surface area contributed by atoms with Gasteiger partial charge in [0.1, 0.15) is 5.75 Å². The van der Waals surface area contributed by atoms with E-state index in [4.69, 9.17) is 0 Å². The van der Waals surface area contributed by atoms with E-state index in [1.165, 1.54) is 6.07 Å². The average molecular weight is 305 g/mol. The van der Waals surface area contributed by atoms with E-state index in [9.17, 15) is 14.7 Å². The second-order valence-corrected chi connectivity index (χ2v) is 5.63. The zero-order valence-electron chi connectivity index (χ0n) is 13.4. The van der Waals surface area contributed by atoms with Crippen LogP contribution < -0.4 is 10.7 Å². The molecule has 0 spiro atoms. The summed E-state index contributed by atoms with van der Waals surface area (Å²) in [5.41, 5.74) is 3.60. The minimum Gasteiger partial charge on any atom is -0.507 e. The number of aromatic hydroxyl groups is 1. The summed E-state index contributed by atoms with van der Waals surface area (Å²) in [7, 11) is 0. The van der Waals surface area contributed by atoms with E-state index in [-0.39, 0.29) is 23.6 Å². The molecule has 0 aliphatic carbocycles. The van der Waals surface area contributed by atoms with Crippen molar-refractivity contribution in [3.05, 3.63) is 29.3 Å². The van der Waals surface area contributed by atoms with Crippen molar-refractivity contribution in [3.63, 3.8) is 0 Å². The summed E-state index contributed by atoms with van der Waals surface area (Å²) in [5.74, 6) is -0.335. The number of carbonyl (C=O) groups excluding carboxylic acids is 2. The first-order valence-electron chi connectivity index (χ1n) is 7.20. The summed E-state index contributed by atoms with van der Waals surface area (Å²) in [6.45, 7) is 7.99. The molecule has 0 aliphatic rings. The number of benzene rings is 1. The van der Waals surface area contributed by atoms with Gasteiger partial charge in [-0.3, -0.25) is 9.59 Å². The molecule has 1 aromatic rings. The molecule has 0 atom stereocenters. The summed E-state index contributed by atoms with van der Waals surface area (Å²) >= 11 is 0. The summed E-state index contributed by atoms with van der Waals surface area (Å²) in [4.78, 5) is 23.6. The van der Waals surface area contributed by atoms with Crippen LogP contribution in [-0.4, -0.2) is 29.2 Å². The van der Waals surface area contributed by atoms with Gasteiger partial charge in [0, 0.05) is 12.3 Å². The minimum atomic E-state index is -0.511. The van der Waals surface area contributed by atoms with Gasteiger partial charge in [0.25, 0.3) is 5.91 Å². The van der Waals surface area contributed by atoms with Crippen molar-refractivity contribution in [2.45, 2.75) is 34.1 Å². The van der Waals surface area contributed by atoms with Crippen molar-refractivity contribution in [1.82, 2.24) is 10.7 Å². The second kappa shape index (κ2) is 8.17. The Balaban J connectivity index is 2.58. The van der Waals surface area contributed by atoms with Gasteiger partial charge in [-0.05, 0) is 31.4 Å². The lowest BCUT2D eigenvalue weighted by Crippen LogP contribution is -2.29. The number of rotatable bonds is 6. The Kier molecular flexibility index (Phi) is 6.56. The van der Waals surface area contributed by atoms with E-state index in [0.29, 0.717) is 23.7 Å². The molecule has 120 valence electrons. The van der Waals surface area contributed by atoms with Crippen LogP contribution in [0.4, 0.5) is 0 Å². The first-order chi connectivity index (χ1) is 10.3. The maximum atomic E-state index is 11.9. The lowest BCUT2D eigenvalue weighted by molar-refractivity contribution is -0.120. The standard InChI is InChI=1S/C16H23N3O3/c1-10(2)9-17-14(20)8-12(4)18-19-16(22)13-7-5-6-11(3)15(13)21/h5-7,10,21H,8-9H2,1-4H3,(H,17,20)(H,19,22). The van der Waals surface area contributed by atoms with Gasteiger partial charge >= 0.3 is 0 Å². The number of hydrazone groups is 1. The monoisotopic (exact) mass is 305 g/mol. The summed E-state index contributed by atoms with van der Waals surface area (Å²) in [6, 6.07) is 4.90. The van der Waals surface area contributed by atoms with E-state index in [1.54, 1.807) is 26.0 Å². The Morgan fingerprint density at radius 3 is 2.64 bits per heavy atom. The molecular weight excluding hydrogens is 282 g/mol. The number of hydrogen-bond acceptors (Lipinski definition) is 4. The van der Waals surface area contributed by atoms with Crippen LogP contribution >= 0.6 is 0 Å². The predicted octanol–water partition coefficient (Wildman–Crippen LogP) is 1.97. The van der Waals surface area contributed by atoms with Crippen LogP contribution in [0, 0.1) is 12.8 Å². The van der Waals surface area contributed by atoms with Crippen molar-refractivity contribution >= 4 is 17.5 Å². The smallest absolute Gasteiger partial charge is 0.275 e. The fraction of sp³-hybridized carbons (Fsp3) is 0.438. The Morgan fingerprint density at radius 1 is 1.32 bits per heavy atom. The highest BCUT2D eigenvalue weighted by molar-refractivity contribution is 6.01. The van der Waals surface area contributed by atoms with Gasteiger partial charge < -0.3 is 10.4 Å². The number of carbonyl (C=O) groups is 2. The van der Waals surface area contributed by atoms with Crippen molar-refractivity contribution in [1.29, 1.82) is 0 Å². The van der Waals surface area contributed by atoms with E-state index in [2.05, 4.69) is 15.8 Å². The summed E-state index contributed by atoms with van der Waals surface area (Å²) < 4.78 is 0. The lowest BCUT2D eigenvalue weighted by atomic mass is 10.1. The Hall–Kier alpha value is -2.37. The van der Waals surface area contributed by atoms with E-state index in [0.717, 1.165) is 0 Å². The van der Waals surface area contributed by atoms with Crippen LogP contribution in [0.15, 0.2) is 23.3 Å². The van der Waals surface area contributed by atoms with Crippen LogP contribution in [0.25, 0.3) is 0 Å². The zero-order chi connectivity index (χ0) is 16.7. The van der Waals surface area contributed by atoms with Crippen molar-refractivity contribution in [2.75, 3.05) is 6.54 Å². The summed E-state index contributed by atoms with van der Waals surface area (Å²) in [5, 5.41) is 16.5. The van der Waals surface area contributed by atoms with Gasteiger partial charge in [-0.2, -0.15) is 5.10 Å². The van der Waals surface area contributed by atoms with Gasteiger partial charge in [-0.25, -0.2) is 5.43 Å². The Labute approximate surface area is 130 Å². The number of phenols is 1. The first kappa shape index (κ1) is 17.7. The van der Waals surface area contributed by atoms with E-state index < -0.39 is 5.91 Å². The molecule has 0 saturated heterocycles. The third-order valence-electron chi connectivity index (χ3n) is 2.95. The van der Waals surface area contributed by atoms with Crippen LogP contribution in [0.2, 0.25) is 0 Å². The van der Waals surface area contributed by atoms with Gasteiger partial charge in [0.2, 0.25) is 5.91 Å². The number of aryl methyl sites for hydroxylation is 1. The number of hydrogen-bond donors (Lipinski definition) is 3. The third kappa shape index (κ3) is 5.55. The minimum absolute atomic E-state index is 0.0671. The molecule has 1 aromatic carbocycles. The highest BCUT2D eigenvalue weighted by Gasteiger charge is 2.12. The largest absolute Gasteiger partial charge is 0.507 e. The number of nitrogens with zero attached hydrogens (tertiary/aromatic N) is 1. The molecule has 6 nitrogen and oxygen atoms in total. The fourth-order valence-electron chi connectivity index (χ4n) is 1.70. The Morgan fingerprint density at radius 2 is 2.00 bits per heavy atom. The maximum Gasteiger partial charge on any atom is 0.275 e. The molecule has 6 heteroatoms. The van der Waals surface area contributed by atoms with Crippen LogP contribution in [0.1, 0.15) is 43.1 Å². The molecule has 3 N–H and O–H groups in total. The third-order valence-corrected chi connectivity index (χ3v) is 2.95. The van der Waals surface area contributed by atoms with Crippen LogP contribution in [-0.2, 0) is 4.79 Å². The predicted molar refractivity (Wildman–Crippen MR) is 85.9 cm³/mol. The molecule has 0 saturated carbocycles. The average Bonchev–Trinajstić information content (AvgIpc) is 2.45. The zero-order valence-corrected chi connectivity index (χ0v) is 13.4. The molecule has 0 unspecified atom stereocenters. The van der Waals surface area contributed by atoms with Crippen molar-refractivity contribution in [3.8, 4) is 5.75 Å². The van der Waals surface area contributed by atoms with Gasteiger partial charge in [-0.15, -0.1) is 0 Å². The molecule has 1 rings (SSSR count). The molecule has 0 radical (unpaired) electrons. The van der Waals surface area contributed by atoms with Gasteiger partial charge in [0.15, 0.2) is 0 Å². The van der Waals surface area contributed by atoms with Crippen LogP contribution in [0.3, 0.4) is 0 Å². The molecule has 0 aromatic heterocycles. The molecule has 0 fully saturated rings. The number of nitrogens with one attached hydrogen (secondary N) is 2. The first-order valence-corrected chi connectivity index (χ1v) is 7.20. The molecule has 0 bridgehead atoms. The fourth-order valence-corrected chi connectivity index (χ4v) is 1.70. The maximum absolute atomic E-state index is 11.9. The number of para-hydroxylation sites is 1. The number of phenolic OH excluding ortho intramolecular Hbond substituents is 1. The molecular formula is C16H23N3O3. The van der Waals surface area contributed by atoms with E-state index >= 15 is 0 Å². The normalized spacial score (nSPS) is 11.4. The number of amides is 2.